The predicted octanol–water partition coefficient (Wildman–Crippen LogP) is 2.40. The number of aromatic hydroxyl groups is 1. The molecule has 0 saturated carbocycles. The van der Waals surface area contributed by atoms with E-state index >= 15 is 0 Å². The van der Waals surface area contributed by atoms with Crippen LogP contribution in [-0.2, 0) is 0 Å². The van der Waals surface area contributed by atoms with Crippen LogP contribution in [0.25, 0.3) is 10.2 Å². The SMILES string of the molecule is CCOc1nc2ccc(O)cc2s1. The van der Waals surface area contributed by atoms with Crippen LogP contribution in [0.1, 0.15) is 6.92 Å². The van der Waals surface area contributed by atoms with Crippen LogP contribution >= 0.6 is 11.3 Å². The van der Waals surface area contributed by atoms with Crippen molar-refractivity contribution in [2.24, 2.45) is 0 Å². The van der Waals surface area contributed by atoms with Crippen molar-refractivity contribution in [3.63, 3.8) is 0 Å². The fraction of sp³-hybridized carbons (Fsp3) is 0.222. The van der Waals surface area contributed by atoms with Crippen molar-refractivity contribution in [1.82, 2.24) is 4.98 Å². The number of hydrogen-bond donors (Lipinski definition) is 1. The molecule has 1 aromatic carbocycles. The Morgan fingerprint density at radius 3 is 3.15 bits per heavy atom. The molecule has 0 fully saturated rings. The van der Waals surface area contributed by atoms with Crippen LogP contribution in [0, 0.1) is 0 Å². The second kappa shape index (κ2) is 3.22. The summed E-state index contributed by atoms with van der Waals surface area (Å²) in [4.78, 5) is 4.23. The monoisotopic (exact) mass is 195 g/mol. The molecule has 2 rings (SSSR count). The maximum Gasteiger partial charge on any atom is 0.274 e. The first-order chi connectivity index (χ1) is 6.29. The highest BCUT2D eigenvalue weighted by Gasteiger charge is 2.03. The Kier molecular flexibility index (Phi) is 2.06. The molecule has 1 heterocycles. The maximum atomic E-state index is 9.21. The summed E-state index contributed by atoms with van der Waals surface area (Å²) in [6, 6.07) is 5.09. The minimum Gasteiger partial charge on any atom is -0.508 e. The van der Waals surface area contributed by atoms with Gasteiger partial charge in [-0.15, -0.1) is 0 Å². The first-order valence-electron chi connectivity index (χ1n) is 4.02. The van der Waals surface area contributed by atoms with E-state index in [1.165, 1.54) is 11.3 Å². The average molecular weight is 195 g/mol. The minimum absolute atomic E-state index is 0.263. The van der Waals surface area contributed by atoms with Crippen LogP contribution < -0.4 is 4.74 Å². The van der Waals surface area contributed by atoms with Gasteiger partial charge in [0, 0.05) is 0 Å². The lowest BCUT2D eigenvalue weighted by molar-refractivity contribution is 0.339. The quantitative estimate of drug-likeness (QED) is 0.800. The highest BCUT2D eigenvalue weighted by atomic mass is 32.1. The highest BCUT2D eigenvalue weighted by molar-refractivity contribution is 7.20. The number of rotatable bonds is 2. The molecule has 0 saturated heterocycles. The fourth-order valence-electron chi connectivity index (χ4n) is 1.08. The molecular weight excluding hydrogens is 186 g/mol. The lowest BCUT2D eigenvalue weighted by Gasteiger charge is -1.92. The number of benzene rings is 1. The molecule has 4 heteroatoms. The largest absolute Gasteiger partial charge is 0.508 e. The first kappa shape index (κ1) is 8.31. The maximum absolute atomic E-state index is 9.21. The van der Waals surface area contributed by atoms with Gasteiger partial charge in [0.05, 0.1) is 16.8 Å². The molecule has 3 nitrogen and oxygen atoms in total. The van der Waals surface area contributed by atoms with Gasteiger partial charge in [0.1, 0.15) is 5.75 Å². The van der Waals surface area contributed by atoms with E-state index in [1.54, 1.807) is 18.2 Å². The van der Waals surface area contributed by atoms with Crippen molar-refractivity contribution >= 4 is 21.6 Å². The normalized spacial score (nSPS) is 10.5. The summed E-state index contributed by atoms with van der Waals surface area (Å²) in [6.45, 7) is 2.54. The van der Waals surface area contributed by atoms with Gasteiger partial charge in [-0.1, -0.05) is 11.3 Å². The lowest BCUT2D eigenvalue weighted by Crippen LogP contribution is -1.88. The Hall–Kier alpha value is -1.29. The Morgan fingerprint density at radius 1 is 1.54 bits per heavy atom. The number of hydrogen-bond acceptors (Lipinski definition) is 4. The van der Waals surface area contributed by atoms with Crippen molar-refractivity contribution in [1.29, 1.82) is 0 Å². The number of nitrogens with zero attached hydrogens (tertiary/aromatic N) is 1. The van der Waals surface area contributed by atoms with Gasteiger partial charge in [-0.25, -0.2) is 4.98 Å². The van der Waals surface area contributed by atoms with E-state index in [0.29, 0.717) is 11.8 Å². The number of phenolic OH excluding ortho intramolecular Hbond substituents is 1. The fourth-order valence-corrected chi connectivity index (χ4v) is 1.98. The number of ether oxygens (including phenoxy) is 1. The zero-order valence-corrected chi connectivity index (χ0v) is 7.97. The average Bonchev–Trinajstić information content (AvgIpc) is 2.46. The van der Waals surface area contributed by atoms with Crippen molar-refractivity contribution in [3.8, 4) is 10.9 Å². The van der Waals surface area contributed by atoms with Gasteiger partial charge < -0.3 is 9.84 Å². The highest BCUT2D eigenvalue weighted by Crippen LogP contribution is 2.29. The van der Waals surface area contributed by atoms with Gasteiger partial charge in [-0.3, -0.25) is 0 Å². The molecule has 68 valence electrons. The molecule has 0 bridgehead atoms. The Bertz CT molecular complexity index is 424. The van der Waals surface area contributed by atoms with E-state index in [9.17, 15) is 5.11 Å². The first-order valence-corrected chi connectivity index (χ1v) is 4.83. The molecule has 1 aromatic heterocycles. The summed E-state index contributed by atoms with van der Waals surface area (Å²) in [7, 11) is 0. The topological polar surface area (TPSA) is 42.4 Å². The van der Waals surface area contributed by atoms with E-state index in [2.05, 4.69) is 4.98 Å². The molecule has 0 amide bonds. The molecule has 0 aliphatic heterocycles. The van der Waals surface area contributed by atoms with Crippen molar-refractivity contribution < 1.29 is 9.84 Å². The third-order valence-electron chi connectivity index (χ3n) is 1.62. The lowest BCUT2D eigenvalue weighted by atomic mass is 10.3. The third kappa shape index (κ3) is 1.58. The van der Waals surface area contributed by atoms with E-state index in [0.717, 1.165) is 10.2 Å². The Labute approximate surface area is 79.6 Å². The number of aromatic nitrogens is 1. The van der Waals surface area contributed by atoms with Crippen LogP contribution in [0.3, 0.4) is 0 Å². The molecule has 13 heavy (non-hydrogen) atoms. The Balaban J connectivity index is 2.49. The number of phenols is 1. The van der Waals surface area contributed by atoms with E-state index in [4.69, 9.17) is 4.74 Å². The predicted molar refractivity (Wildman–Crippen MR) is 52.5 cm³/mol. The van der Waals surface area contributed by atoms with Crippen molar-refractivity contribution in [2.75, 3.05) is 6.61 Å². The van der Waals surface area contributed by atoms with E-state index < -0.39 is 0 Å². The molecule has 0 radical (unpaired) electrons. The van der Waals surface area contributed by atoms with E-state index in [-0.39, 0.29) is 5.75 Å². The van der Waals surface area contributed by atoms with Crippen molar-refractivity contribution in [2.45, 2.75) is 6.92 Å². The molecule has 0 spiro atoms. The smallest absolute Gasteiger partial charge is 0.274 e. The summed E-state index contributed by atoms with van der Waals surface area (Å²) in [5.74, 6) is 0.263. The standard InChI is InChI=1S/C9H9NO2S/c1-2-12-9-10-7-4-3-6(11)5-8(7)13-9/h3-5,11H,2H2,1H3. The van der Waals surface area contributed by atoms with Crippen LogP contribution in [0.4, 0.5) is 0 Å². The van der Waals surface area contributed by atoms with Gasteiger partial charge in [0.25, 0.3) is 5.19 Å². The minimum atomic E-state index is 0.263. The second-order valence-electron chi connectivity index (χ2n) is 2.56. The molecule has 1 N–H and O–H groups in total. The van der Waals surface area contributed by atoms with E-state index in [1.807, 2.05) is 6.92 Å². The Morgan fingerprint density at radius 2 is 2.38 bits per heavy atom. The van der Waals surface area contributed by atoms with Crippen LogP contribution in [-0.4, -0.2) is 16.7 Å². The zero-order valence-electron chi connectivity index (χ0n) is 7.15. The second-order valence-corrected chi connectivity index (χ2v) is 3.56. The van der Waals surface area contributed by atoms with Gasteiger partial charge in [-0.05, 0) is 25.1 Å². The summed E-state index contributed by atoms with van der Waals surface area (Å²) < 4.78 is 6.20. The van der Waals surface area contributed by atoms with Gasteiger partial charge in [-0.2, -0.15) is 0 Å². The summed E-state index contributed by atoms with van der Waals surface area (Å²) in [5.41, 5.74) is 0.867. The molecular formula is C9H9NO2S. The number of fused-ring (bicyclic) bond motifs is 1. The van der Waals surface area contributed by atoms with Crippen LogP contribution in [0.15, 0.2) is 18.2 Å². The number of thiazole rings is 1. The molecule has 0 unspecified atom stereocenters. The summed E-state index contributed by atoms with van der Waals surface area (Å²) >= 11 is 1.44. The molecule has 0 atom stereocenters. The zero-order chi connectivity index (χ0) is 9.26. The molecule has 2 aromatic rings. The molecule has 0 aliphatic carbocycles. The van der Waals surface area contributed by atoms with Crippen LogP contribution in [0.2, 0.25) is 0 Å². The van der Waals surface area contributed by atoms with Gasteiger partial charge in [0.15, 0.2) is 0 Å². The van der Waals surface area contributed by atoms with Crippen LogP contribution in [0.5, 0.6) is 10.9 Å². The van der Waals surface area contributed by atoms with Gasteiger partial charge >= 0.3 is 0 Å². The van der Waals surface area contributed by atoms with Gasteiger partial charge in [0.2, 0.25) is 0 Å². The third-order valence-corrected chi connectivity index (χ3v) is 2.55. The molecule has 0 aliphatic rings. The van der Waals surface area contributed by atoms with Crippen molar-refractivity contribution in [3.05, 3.63) is 18.2 Å². The summed E-state index contributed by atoms with van der Waals surface area (Å²) in [5, 5.41) is 9.86. The summed E-state index contributed by atoms with van der Waals surface area (Å²) in [6.07, 6.45) is 0.